The molecule has 0 saturated heterocycles. The lowest BCUT2D eigenvalue weighted by atomic mass is 10.2. The van der Waals surface area contributed by atoms with Gasteiger partial charge in [0, 0.05) is 19.6 Å². The van der Waals surface area contributed by atoms with Crippen LogP contribution in [-0.2, 0) is 16.6 Å². The van der Waals surface area contributed by atoms with Crippen molar-refractivity contribution in [3.05, 3.63) is 29.3 Å². The van der Waals surface area contributed by atoms with Crippen molar-refractivity contribution in [1.82, 2.24) is 4.31 Å². The van der Waals surface area contributed by atoms with Crippen LogP contribution in [-0.4, -0.2) is 25.8 Å². The predicted octanol–water partition coefficient (Wildman–Crippen LogP) is 1.84. The van der Waals surface area contributed by atoms with Gasteiger partial charge in [-0.05, 0) is 43.4 Å². The summed E-state index contributed by atoms with van der Waals surface area (Å²) in [6, 6.07) is 1.78. The summed E-state index contributed by atoms with van der Waals surface area (Å²) in [6.07, 6.45) is 1.92. The first-order valence-corrected chi connectivity index (χ1v) is 7.89. The molecule has 0 amide bonds. The Hall–Kier alpha value is -1.05. The van der Waals surface area contributed by atoms with Gasteiger partial charge in [-0.1, -0.05) is 0 Å². The Bertz CT molecular complexity index is 615. The highest BCUT2D eigenvalue weighted by Gasteiger charge is 2.37. The van der Waals surface area contributed by atoms with Crippen LogP contribution in [0.4, 0.5) is 8.78 Å². The third kappa shape index (κ3) is 2.70. The van der Waals surface area contributed by atoms with E-state index in [9.17, 15) is 17.2 Å². The maximum atomic E-state index is 13.8. The van der Waals surface area contributed by atoms with Crippen LogP contribution in [0.2, 0.25) is 0 Å². The van der Waals surface area contributed by atoms with Crippen molar-refractivity contribution in [2.45, 2.75) is 37.2 Å². The Morgan fingerprint density at radius 2 is 2.00 bits per heavy atom. The zero-order valence-electron chi connectivity index (χ0n) is 11.4. The van der Waals surface area contributed by atoms with Crippen LogP contribution in [0.1, 0.15) is 25.3 Å². The molecule has 0 aromatic heterocycles. The van der Waals surface area contributed by atoms with Crippen molar-refractivity contribution in [2.24, 2.45) is 11.7 Å². The number of hydrogen-bond donors (Lipinski definition) is 1. The molecule has 0 radical (unpaired) electrons. The van der Waals surface area contributed by atoms with Gasteiger partial charge in [0.15, 0.2) is 11.6 Å². The third-order valence-corrected chi connectivity index (χ3v) is 5.77. The molecule has 1 aromatic rings. The SMILES string of the molecule is CC(C1CC1)N(C)S(=O)(=O)c1cc(CN)cc(F)c1F. The monoisotopic (exact) mass is 304 g/mol. The highest BCUT2D eigenvalue weighted by atomic mass is 32.2. The van der Waals surface area contributed by atoms with E-state index in [0.717, 1.165) is 29.3 Å². The Balaban J connectivity index is 2.45. The Morgan fingerprint density at radius 3 is 2.50 bits per heavy atom. The number of halogens is 2. The zero-order valence-corrected chi connectivity index (χ0v) is 12.3. The number of nitrogens with two attached hydrogens (primary N) is 1. The molecule has 4 nitrogen and oxygen atoms in total. The first-order chi connectivity index (χ1) is 9.28. The Kier molecular flexibility index (Phi) is 4.13. The van der Waals surface area contributed by atoms with Gasteiger partial charge >= 0.3 is 0 Å². The van der Waals surface area contributed by atoms with Gasteiger partial charge in [-0.25, -0.2) is 17.2 Å². The largest absolute Gasteiger partial charge is 0.326 e. The topological polar surface area (TPSA) is 63.4 Å². The highest BCUT2D eigenvalue weighted by molar-refractivity contribution is 7.89. The van der Waals surface area contributed by atoms with Gasteiger partial charge in [0.25, 0.3) is 0 Å². The minimum atomic E-state index is -4.07. The van der Waals surface area contributed by atoms with Crippen LogP contribution in [0.25, 0.3) is 0 Å². The molecule has 112 valence electrons. The van der Waals surface area contributed by atoms with Crippen LogP contribution in [0.15, 0.2) is 17.0 Å². The Morgan fingerprint density at radius 1 is 1.40 bits per heavy atom. The summed E-state index contributed by atoms with van der Waals surface area (Å²) in [4.78, 5) is -0.645. The van der Waals surface area contributed by atoms with E-state index in [4.69, 9.17) is 5.73 Å². The smallest absolute Gasteiger partial charge is 0.246 e. The summed E-state index contributed by atoms with van der Waals surface area (Å²) in [5, 5.41) is 0. The molecule has 2 rings (SSSR count). The van der Waals surface area contributed by atoms with Gasteiger partial charge in [-0.3, -0.25) is 0 Å². The molecular weight excluding hydrogens is 286 g/mol. The molecule has 1 saturated carbocycles. The van der Waals surface area contributed by atoms with E-state index >= 15 is 0 Å². The molecule has 1 aliphatic rings. The number of benzene rings is 1. The Labute approximate surface area is 117 Å². The van der Waals surface area contributed by atoms with E-state index in [0.29, 0.717) is 5.92 Å². The van der Waals surface area contributed by atoms with Crippen molar-refractivity contribution in [3.63, 3.8) is 0 Å². The second-order valence-corrected chi connectivity index (χ2v) is 7.16. The van der Waals surface area contributed by atoms with E-state index in [2.05, 4.69) is 0 Å². The number of rotatable bonds is 5. The molecular formula is C13H18F2N2O2S. The first kappa shape index (κ1) is 15.3. The van der Waals surface area contributed by atoms with Crippen LogP contribution >= 0.6 is 0 Å². The fourth-order valence-corrected chi connectivity index (χ4v) is 3.72. The lowest BCUT2D eigenvalue weighted by molar-refractivity contribution is 0.353. The normalized spacial score (nSPS) is 17.5. The molecule has 1 aliphatic carbocycles. The van der Waals surface area contributed by atoms with Crippen molar-refractivity contribution in [3.8, 4) is 0 Å². The summed E-state index contributed by atoms with van der Waals surface area (Å²) in [6.45, 7) is 1.72. The lowest BCUT2D eigenvalue weighted by Crippen LogP contribution is -2.37. The van der Waals surface area contributed by atoms with Crippen LogP contribution in [0.5, 0.6) is 0 Å². The minimum Gasteiger partial charge on any atom is -0.326 e. The number of sulfonamides is 1. The van der Waals surface area contributed by atoms with Gasteiger partial charge < -0.3 is 5.73 Å². The first-order valence-electron chi connectivity index (χ1n) is 6.45. The summed E-state index contributed by atoms with van der Waals surface area (Å²) in [5.41, 5.74) is 5.62. The predicted molar refractivity (Wildman–Crippen MR) is 71.4 cm³/mol. The second kappa shape index (κ2) is 5.38. The van der Waals surface area contributed by atoms with E-state index in [1.807, 2.05) is 0 Å². The average molecular weight is 304 g/mol. The summed E-state index contributed by atoms with van der Waals surface area (Å²) in [7, 11) is -2.67. The molecule has 0 heterocycles. The third-order valence-electron chi connectivity index (χ3n) is 3.83. The number of nitrogens with zero attached hydrogens (tertiary/aromatic N) is 1. The van der Waals surface area contributed by atoms with Crippen LogP contribution in [0, 0.1) is 17.6 Å². The summed E-state index contributed by atoms with van der Waals surface area (Å²) >= 11 is 0. The highest BCUT2D eigenvalue weighted by Crippen LogP contribution is 2.36. The van der Waals surface area contributed by atoms with Crippen LogP contribution < -0.4 is 5.73 Å². The van der Waals surface area contributed by atoms with Gasteiger partial charge in [0.05, 0.1) is 0 Å². The molecule has 7 heteroatoms. The molecule has 2 N–H and O–H groups in total. The van der Waals surface area contributed by atoms with E-state index in [-0.39, 0.29) is 18.2 Å². The molecule has 1 fully saturated rings. The minimum absolute atomic E-state index is 0.0540. The maximum Gasteiger partial charge on any atom is 0.246 e. The van der Waals surface area contributed by atoms with Gasteiger partial charge in [0.2, 0.25) is 10.0 Å². The second-order valence-electron chi connectivity index (χ2n) is 5.19. The molecule has 1 atom stereocenters. The zero-order chi connectivity index (χ0) is 15.1. The molecule has 1 unspecified atom stereocenters. The summed E-state index contributed by atoms with van der Waals surface area (Å²) < 4.78 is 53.3. The fraction of sp³-hybridized carbons (Fsp3) is 0.538. The lowest BCUT2D eigenvalue weighted by Gasteiger charge is -2.24. The van der Waals surface area contributed by atoms with E-state index in [1.165, 1.54) is 7.05 Å². The van der Waals surface area contributed by atoms with Gasteiger partial charge in [0.1, 0.15) is 4.90 Å². The quantitative estimate of drug-likeness (QED) is 0.903. The maximum absolute atomic E-state index is 13.8. The van der Waals surface area contributed by atoms with E-state index in [1.54, 1.807) is 6.92 Å². The van der Waals surface area contributed by atoms with Crippen LogP contribution in [0.3, 0.4) is 0 Å². The number of hydrogen-bond acceptors (Lipinski definition) is 3. The van der Waals surface area contributed by atoms with Gasteiger partial charge in [-0.2, -0.15) is 4.31 Å². The van der Waals surface area contributed by atoms with E-state index < -0.39 is 26.6 Å². The van der Waals surface area contributed by atoms with Crippen molar-refractivity contribution < 1.29 is 17.2 Å². The average Bonchev–Trinajstić information content (AvgIpc) is 3.24. The van der Waals surface area contributed by atoms with Crippen molar-refractivity contribution >= 4 is 10.0 Å². The van der Waals surface area contributed by atoms with Crippen molar-refractivity contribution in [2.75, 3.05) is 7.05 Å². The molecule has 0 bridgehead atoms. The molecule has 20 heavy (non-hydrogen) atoms. The summed E-state index contributed by atoms with van der Waals surface area (Å²) in [5.74, 6) is -2.25. The van der Waals surface area contributed by atoms with Crippen molar-refractivity contribution in [1.29, 1.82) is 0 Å². The standard InChI is InChI=1S/C13H18F2N2O2S/c1-8(10-3-4-10)17(2)20(18,19)12-6-9(7-16)5-11(14)13(12)15/h5-6,8,10H,3-4,7,16H2,1-2H3. The molecule has 1 aromatic carbocycles. The fourth-order valence-electron chi connectivity index (χ4n) is 2.17. The molecule has 0 aliphatic heterocycles. The van der Waals surface area contributed by atoms with Gasteiger partial charge in [-0.15, -0.1) is 0 Å². The molecule has 0 spiro atoms.